The summed E-state index contributed by atoms with van der Waals surface area (Å²) in [4.78, 5) is 0. The molecule has 0 heterocycles. The molecule has 0 amide bonds. The quantitative estimate of drug-likeness (QED) is 0.450. The average molecular weight is 362 g/mol. The SMILES string of the molecule is CC.CCC(C=N)CCNC.CCC(Nc1ccc(C)cc1C)=C(C)C. The zero-order valence-corrected chi connectivity index (χ0v) is 18.7. The lowest BCUT2D eigenvalue weighted by atomic mass is 10.0. The van der Waals surface area contributed by atoms with Crippen LogP contribution in [0.3, 0.4) is 0 Å². The van der Waals surface area contributed by atoms with Crippen molar-refractivity contribution in [3.8, 4) is 0 Å². The van der Waals surface area contributed by atoms with Gasteiger partial charge in [-0.05, 0) is 84.3 Å². The molecule has 0 aliphatic rings. The number of allylic oxidation sites excluding steroid dienone is 2. The van der Waals surface area contributed by atoms with E-state index in [-0.39, 0.29) is 0 Å². The maximum atomic E-state index is 6.99. The van der Waals surface area contributed by atoms with Crippen molar-refractivity contribution in [2.45, 2.75) is 74.7 Å². The molecule has 1 aromatic carbocycles. The summed E-state index contributed by atoms with van der Waals surface area (Å²) in [6, 6.07) is 6.51. The zero-order chi connectivity index (χ0) is 20.5. The van der Waals surface area contributed by atoms with Crippen molar-refractivity contribution in [1.29, 1.82) is 5.41 Å². The molecule has 1 aromatic rings. The minimum absolute atomic E-state index is 0.484. The second-order valence-corrected chi connectivity index (χ2v) is 6.50. The topological polar surface area (TPSA) is 47.9 Å². The first-order chi connectivity index (χ1) is 12.4. The zero-order valence-electron chi connectivity index (χ0n) is 18.7. The molecule has 0 aliphatic heterocycles. The molecule has 0 fully saturated rings. The summed E-state index contributed by atoms with van der Waals surface area (Å²) in [5.41, 5.74) is 6.52. The maximum Gasteiger partial charge on any atom is 0.0411 e. The highest BCUT2D eigenvalue weighted by atomic mass is 14.9. The second-order valence-electron chi connectivity index (χ2n) is 6.50. The monoisotopic (exact) mass is 361 g/mol. The van der Waals surface area contributed by atoms with Gasteiger partial charge in [-0.15, -0.1) is 0 Å². The molecule has 3 N–H and O–H groups in total. The van der Waals surface area contributed by atoms with E-state index in [0.29, 0.717) is 5.92 Å². The number of benzene rings is 1. The lowest BCUT2D eigenvalue weighted by Crippen LogP contribution is -2.13. The van der Waals surface area contributed by atoms with Crippen LogP contribution in [0.15, 0.2) is 29.5 Å². The summed E-state index contributed by atoms with van der Waals surface area (Å²) < 4.78 is 0. The molecule has 0 spiro atoms. The number of hydrogen-bond donors (Lipinski definition) is 3. The first-order valence-corrected chi connectivity index (χ1v) is 10.0. The lowest BCUT2D eigenvalue weighted by molar-refractivity contribution is 0.587. The molecular weight excluding hydrogens is 318 g/mol. The summed E-state index contributed by atoms with van der Waals surface area (Å²) in [6.07, 6.45) is 4.77. The van der Waals surface area contributed by atoms with Crippen molar-refractivity contribution in [2.24, 2.45) is 5.92 Å². The Balaban J connectivity index is 0. The highest BCUT2D eigenvalue weighted by Gasteiger charge is 2.01. The normalized spacial score (nSPS) is 10.5. The van der Waals surface area contributed by atoms with Crippen LogP contribution in [0, 0.1) is 25.2 Å². The minimum Gasteiger partial charge on any atom is -0.359 e. The molecule has 150 valence electrons. The van der Waals surface area contributed by atoms with Crippen molar-refractivity contribution in [3.63, 3.8) is 0 Å². The molecule has 1 atom stereocenters. The number of rotatable bonds is 8. The highest BCUT2D eigenvalue weighted by Crippen LogP contribution is 2.20. The summed E-state index contributed by atoms with van der Waals surface area (Å²) in [7, 11) is 1.94. The molecule has 0 saturated carbocycles. The van der Waals surface area contributed by atoms with Gasteiger partial charge in [0.25, 0.3) is 0 Å². The molecule has 26 heavy (non-hydrogen) atoms. The van der Waals surface area contributed by atoms with Crippen LogP contribution >= 0.6 is 0 Å². The van der Waals surface area contributed by atoms with Gasteiger partial charge in [-0.25, -0.2) is 0 Å². The van der Waals surface area contributed by atoms with Crippen molar-refractivity contribution in [3.05, 3.63) is 40.6 Å². The van der Waals surface area contributed by atoms with Gasteiger partial charge in [0.2, 0.25) is 0 Å². The third kappa shape index (κ3) is 11.9. The molecule has 3 heteroatoms. The fraction of sp³-hybridized carbons (Fsp3) is 0.609. The summed E-state index contributed by atoms with van der Waals surface area (Å²) in [6.45, 7) is 17.9. The van der Waals surface area contributed by atoms with Crippen LogP contribution in [0.4, 0.5) is 5.69 Å². The minimum atomic E-state index is 0.484. The Morgan fingerprint density at radius 1 is 1.15 bits per heavy atom. The van der Waals surface area contributed by atoms with Crippen LogP contribution in [-0.2, 0) is 0 Å². The predicted octanol–water partition coefficient (Wildman–Crippen LogP) is 6.72. The van der Waals surface area contributed by atoms with E-state index in [1.54, 1.807) is 0 Å². The van der Waals surface area contributed by atoms with E-state index in [2.05, 4.69) is 70.4 Å². The Bertz CT molecular complexity index is 514. The number of aryl methyl sites for hydroxylation is 2. The molecule has 3 nitrogen and oxygen atoms in total. The van der Waals surface area contributed by atoms with Gasteiger partial charge in [-0.1, -0.05) is 51.0 Å². The van der Waals surface area contributed by atoms with E-state index >= 15 is 0 Å². The van der Waals surface area contributed by atoms with Crippen molar-refractivity contribution < 1.29 is 0 Å². The van der Waals surface area contributed by atoms with E-state index in [1.165, 1.54) is 34.3 Å². The Labute approximate surface area is 163 Å². The van der Waals surface area contributed by atoms with E-state index in [1.807, 2.05) is 20.9 Å². The number of nitrogens with one attached hydrogen (secondary N) is 3. The second kappa shape index (κ2) is 16.8. The van der Waals surface area contributed by atoms with Gasteiger partial charge in [0.15, 0.2) is 0 Å². The Morgan fingerprint density at radius 2 is 1.77 bits per heavy atom. The molecule has 0 bridgehead atoms. The van der Waals surface area contributed by atoms with Gasteiger partial charge in [-0.2, -0.15) is 0 Å². The van der Waals surface area contributed by atoms with Crippen molar-refractivity contribution in [2.75, 3.05) is 18.9 Å². The largest absolute Gasteiger partial charge is 0.359 e. The molecule has 1 rings (SSSR count). The van der Waals surface area contributed by atoms with Gasteiger partial charge in [0.05, 0.1) is 0 Å². The lowest BCUT2D eigenvalue weighted by Gasteiger charge is -2.14. The molecular formula is C23H43N3. The highest BCUT2D eigenvalue weighted by molar-refractivity contribution is 5.56. The van der Waals surface area contributed by atoms with Crippen LogP contribution in [0.25, 0.3) is 0 Å². The van der Waals surface area contributed by atoms with Crippen LogP contribution in [0.5, 0.6) is 0 Å². The van der Waals surface area contributed by atoms with E-state index in [9.17, 15) is 0 Å². The standard InChI is InChI=1S/C14H21N.C7H16N2.C2H6/c1-6-13(10(2)3)15-14-8-7-11(4)9-12(14)5;1-3-7(6-8)4-5-9-2;1-2/h7-9,15H,6H2,1-5H3;6-9H,3-5H2,1-2H3;1-2H3. The van der Waals surface area contributed by atoms with Gasteiger partial charge in [0.1, 0.15) is 0 Å². The smallest absolute Gasteiger partial charge is 0.0411 e. The van der Waals surface area contributed by atoms with Gasteiger partial charge in [-0.3, -0.25) is 0 Å². The summed E-state index contributed by atoms with van der Waals surface area (Å²) in [5, 5.41) is 13.6. The van der Waals surface area contributed by atoms with Gasteiger partial charge in [0, 0.05) is 11.4 Å². The first kappa shape index (κ1) is 26.6. The summed E-state index contributed by atoms with van der Waals surface area (Å²) in [5.74, 6) is 0.484. The van der Waals surface area contributed by atoms with E-state index in [0.717, 1.165) is 25.8 Å². The molecule has 0 aromatic heterocycles. The van der Waals surface area contributed by atoms with Gasteiger partial charge >= 0.3 is 0 Å². The Hall–Kier alpha value is -1.61. The molecule has 1 unspecified atom stereocenters. The predicted molar refractivity (Wildman–Crippen MR) is 121 cm³/mol. The maximum absolute atomic E-state index is 6.99. The molecule has 0 saturated heterocycles. The summed E-state index contributed by atoms with van der Waals surface area (Å²) >= 11 is 0. The fourth-order valence-electron chi connectivity index (χ4n) is 2.42. The fourth-order valence-corrected chi connectivity index (χ4v) is 2.42. The first-order valence-electron chi connectivity index (χ1n) is 10.0. The third-order valence-corrected chi connectivity index (χ3v) is 4.15. The van der Waals surface area contributed by atoms with Crippen LogP contribution in [0.1, 0.15) is 71.9 Å². The van der Waals surface area contributed by atoms with E-state index < -0.39 is 0 Å². The molecule has 0 aliphatic carbocycles. The Morgan fingerprint density at radius 3 is 2.15 bits per heavy atom. The van der Waals surface area contributed by atoms with Crippen LogP contribution < -0.4 is 10.6 Å². The van der Waals surface area contributed by atoms with Crippen molar-refractivity contribution >= 4 is 11.9 Å². The van der Waals surface area contributed by atoms with Crippen LogP contribution in [0.2, 0.25) is 0 Å². The Kier molecular flexibility index (Phi) is 17.2. The number of hydrogen-bond acceptors (Lipinski definition) is 3. The van der Waals surface area contributed by atoms with Crippen LogP contribution in [-0.4, -0.2) is 19.8 Å². The number of anilines is 1. The van der Waals surface area contributed by atoms with Gasteiger partial charge < -0.3 is 16.0 Å². The average Bonchev–Trinajstić information content (AvgIpc) is 2.64. The molecule has 0 radical (unpaired) electrons. The van der Waals surface area contributed by atoms with Crippen molar-refractivity contribution in [1.82, 2.24) is 5.32 Å². The van der Waals surface area contributed by atoms with E-state index in [4.69, 9.17) is 5.41 Å². The third-order valence-electron chi connectivity index (χ3n) is 4.15.